The zero-order chi connectivity index (χ0) is 9.40. The number of halogens is 2. The highest BCUT2D eigenvalue weighted by Crippen LogP contribution is 2.10. The Balaban J connectivity index is 3.17. The van der Waals surface area contributed by atoms with E-state index in [-0.39, 0.29) is 0 Å². The van der Waals surface area contributed by atoms with Crippen molar-refractivity contribution in [2.45, 2.75) is 20.3 Å². The monoisotopic (exact) mass is 300 g/mol. The minimum atomic E-state index is 0.649. The smallest absolute Gasteiger partial charge is 0.0488 e. The van der Waals surface area contributed by atoms with Crippen LogP contribution in [-0.2, 0) is 4.74 Å². The number of hydrogen-bond donors (Lipinski definition) is 0. The van der Waals surface area contributed by atoms with E-state index < -0.39 is 0 Å². The molecule has 0 unspecified atom stereocenters. The van der Waals surface area contributed by atoms with Crippen LogP contribution in [0, 0.1) is 11.8 Å². The molecule has 0 heterocycles. The van der Waals surface area contributed by atoms with Gasteiger partial charge < -0.3 is 4.74 Å². The molecular weight excluding hydrogens is 284 g/mol. The molecule has 74 valence electrons. The van der Waals surface area contributed by atoms with Gasteiger partial charge in [0.25, 0.3) is 0 Å². The van der Waals surface area contributed by atoms with Gasteiger partial charge in [-0.05, 0) is 18.3 Å². The third kappa shape index (κ3) is 7.56. The van der Waals surface area contributed by atoms with Crippen molar-refractivity contribution in [3.8, 4) is 0 Å². The van der Waals surface area contributed by atoms with E-state index >= 15 is 0 Å². The molecule has 0 N–H and O–H groups in total. The predicted molar refractivity (Wildman–Crippen MR) is 61.4 cm³/mol. The largest absolute Gasteiger partial charge is 0.381 e. The molecule has 0 aromatic carbocycles. The van der Waals surface area contributed by atoms with Crippen LogP contribution in [0.4, 0.5) is 0 Å². The predicted octanol–water partition coefficient (Wildman–Crippen LogP) is 3.46. The van der Waals surface area contributed by atoms with Gasteiger partial charge >= 0.3 is 0 Å². The molecule has 0 aliphatic heterocycles. The van der Waals surface area contributed by atoms with E-state index in [0.29, 0.717) is 11.8 Å². The van der Waals surface area contributed by atoms with Gasteiger partial charge in [-0.25, -0.2) is 0 Å². The molecule has 0 fully saturated rings. The van der Waals surface area contributed by atoms with Crippen LogP contribution < -0.4 is 0 Å². The summed E-state index contributed by atoms with van der Waals surface area (Å²) in [4.78, 5) is 0. The summed E-state index contributed by atoms with van der Waals surface area (Å²) in [5.74, 6) is 1.36. The standard InChI is InChI=1S/C9H18Br2O/c1-8(2)7-12-4-3-9(5-10)6-11/h8-9H,3-7H2,1-2H3. The summed E-state index contributed by atoms with van der Waals surface area (Å²) >= 11 is 6.94. The van der Waals surface area contributed by atoms with E-state index in [9.17, 15) is 0 Å². The summed E-state index contributed by atoms with van der Waals surface area (Å²) in [7, 11) is 0. The highest BCUT2D eigenvalue weighted by Gasteiger charge is 2.04. The molecule has 0 saturated heterocycles. The Morgan fingerprint density at radius 2 is 1.75 bits per heavy atom. The fourth-order valence-electron chi connectivity index (χ4n) is 0.765. The average molecular weight is 302 g/mol. The molecule has 0 aliphatic carbocycles. The Labute approximate surface area is 92.5 Å². The van der Waals surface area contributed by atoms with Crippen LogP contribution in [0.5, 0.6) is 0 Å². The first-order valence-corrected chi connectivity index (χ1v) is 6.64. The number of rotatable bonds is 7. The van der Waals surface area contributed by atoms with Gasteiger partial charge in [-0.3, -0.25) is 0 Å². The van der Waals surface area contributed by atoms with Crippen molar-refractivity contribution in [1.82, 2.24) is 0 Å². The van der Waals surface area contributed by atoms with E-state index in [1.54, 1.807) is 0 Å². The van der Waals surface area contributed by atoms with E-state index in [4.69, 9.17) is 4.74 Å². The molecule has 0 spiro atoms. The average Bonchev–Trinajstić information content (AvgIpc) is 2.04. The highest BCUT2D eigenvalue weighted by atomic mass is 79.9. The van der Waals surface area contributed by atoms with Crippen LogP contribution in [0.2, 0.25) is 0 Å². The summed E-state index contributed by atoms with van der Waals surface area (Å²) < 4.78 is 5.49. The second-order valence-electron chi connectivity index (χ2n) is 3.43. The van der Waals surface area contributed by atoms with Gasteiger partial charge in [0.1, 0.15) is 0 Å². The molecule has 0 radical (unpaired) electrons. The van der Waals surface area contributed by atoms with Crippen molar-refractivity contribution >= 4 is 31.9 Å². The summed E-state index contributed by atoms with van der Waals surface area (Å²) in [5.41, 5.74) is 0. The van der Waals surface area contributed by atoms with Gasteiger partial charge in [-0.1, -0.05) is 45.7 Å². The molecule has 0 atom stereocenters. The topological polar surface area (TPSA) is 9.23 Å². The Bertz CT molecular complexity index is 92.5. The van der Waals surface area contributed by atoms with Crippen LogP contribution in [0.15, 0.2) is 0 Å². The van der Waals surface area contributed by atoms with Crippen LogP contribution in [0.1, 0.15) is 20.3 Å². The second kappa shape index (κ2) is 8.52. The lowest BCUT2D eigenvalue weighted by Crippen LogP contribution is -2.10. The van der Waals surface area contributed by atoms with Crippen molar-refractivity contribution < 1.29 is 4.74 Å². The van der Waals surface area contributed by atoms with Crippen LogP contribution >= 0.6 is 31.9 Å². The maximum Gasteiger partial charge on any atom is 0.0488 e. The van der Waals surface area contributed by atoms with Crippen LogP contribution in [0.3, 0.4) is 0 Å². The molecule has 0 rings (SSSR count). The van der Waals surface area contributed by atoms with Crippen molar-refractivity contribution in [1.29, 1.82) is 0 Å². The van der Waals surface area contributed by atoms with Gasteiger partial charge in [0.15, 0.2) is 0 Å². The van der Waals surface area contributed by atoms with Crippen molar-refractivity contribution in [3.63, 3.8) is 0 Å². The van der Waals surface area contributed by atoms with Gasteiger partial charge in [-0.15, -0.1) is 0 Å². The van der Waals surface area contributed by atoms with Crippen molar-refractivity contribution in [3.05, 3.63) is 0 Å². The molecule has 0 aromatic heterocycles. The molecular formula is C9H18Br2O. The Morgan fingerprint density at radius 1 is 1.17 bits per heavy atom. The van der Waals surface area contributed by atoms with Gasteiger partial charge in [0, 0.05) is 23.9 Å². The summed E-state index contributed by atoms with van der Waals surface area (Å²) in [5, 5.41) is 2.12. The van der Waals surface area contributed by atoms with Crippen LogP contribution in [0.25, 0.3) is 0 Å². The van der Waals surface area contributed by atoms with Gasteiger partial charge in [0.2, 0.25) is 0 Å². The fourth-order valence-corrected chi connectivity index (χ4v) is 2.48. The third-order valence-electron chi connectivity index (χ3n) is 1.56. The SMILES string of the molecule is CC(C)COCCC(CBr)CBr. The number of alkyl halides is 2. The zero-order valence-corrected chi connectivity index (χ0v) is 11.0. The van der Waals surface area contributed by atoms with Gasteiger partial charge in [-0.2, -0.15) is 0 Å². The lowest BCUT2D eigenvalue weighted by molar-refractivity contribution is 0.102. The van der Waals surface area contributed by atoms with E-state index in [1.165, 1.54) is 0 Å². The highest BCUT2D eigenvalue weighted by molar-refractivity contribution is 9.09. The Kier molecular flexibility index (Phi) is 9.17. The van der Waals surface area contributed by atoms with Crippen molar-refractivity contribution in [2.75, 3.05) is 23.9 Å². The fraction of sp³-hybridized carbons (Fsp3) is 1.00. The molecule has 0 saturated carbocycles. The quantitative estimate of drug-likeness (QED) is 0.517. The first-order valence-electron chi connectivity index (χ1n) is 4.40. The molecule has 0 aliphatic rings. The van der Waals surface area contributed by atoms with E-state index in [0.717, 1.165) is 30.3 Å². The lowest BCUT2D eigenvalue weighted by atomic mass is 10.1. The summed E-state index contributed by atoms with van der Waals surface area (Å²) in [6, 6.07) is 0. The first-order chi connectivity index (χ1) is 5.70. The summed E-state index contributed by atoms with van der Waals surface area (Å²) in [6.07, 6.45) is 1.14. The van der Waals surface area contributed by atoms with E-state index in [2.05, 4.69) is 45.7 Å². The zero-order valence-electron chi connectivity index (χ0n) is 7.85. The van der Waals surface area contributed by atoms with Crippen LogP contribution in [-0.4, -0.2) is 23.9 Å². The second-order valence-corrected chi connectivity index (χ2v) is 4.73. The Morgan fingerprint density at radius 3 is 2.17 bits per heavy atom. The lowest BCUT2D eigenvalue weighted by Gasteiger charge is -2.11. The molecule has 0 aromatic rings. The van der Waals surface area contributed by atoms with E-state index in [1.807, 2.05) is 0 Å². The third-order valence-corrected chi connectivity index (χ3v) is 3.39. The molecule has 3 heteroatoms. The maximum atomic E-state index is 5.49. The molecule has 0 amide bonds. The molecule has 0 bridgehead atoms. The molecule has 12 heavy (non-hydrogen) atoms. The minimum Gasteiger partial charge on any atom is -0.381 e. The normalized spacial score (nSPS) is 11.5. The first kappa shape index (κ1) is 12.9. The van der Waals surface area contributed by atoms with Gasteiger partial charge in [0.05, 0.1) is 0 Å². The van der Waals surface area contributed by atoms with Crippen molar-refractivity contribution in [2.24, 2.45) is 11.8 Å². The maximum absolute atomic E-state index is 5.49. The molecule has 1 nitrogen and oxygen atoms in total. The minimum absolute atomic E-state index is 0.649. The summed E-state index contributed by atoms with van der Waals surface area (Å²) in [6.45, 7) is 6.12. The number of ether oxygens (including phenoxy) is 1. The number of hydrogen-bond acceptors (Lipinski definition) is 1. The Hall–Kier alpha value is 0.920.